The molecule has 0 saturated heterocycles. The highest BCUT2D eigenvalue weighted by atomic mass is 19.1. The summed E-state index contributed by atoms with van der Waals surface area (Å²) in [6, 6.07) is 11.6. The first-order valence-electron chi connectivity index (χ1n) is 7.56. The average molecular weight is 356 g/mol. The molecular formula is C18H14F2N4O2. The monoisotopic (exact) mass is 356 g/mol. The Balaban J connectivity index is 1.76. The molecular weight excluding hydrogens is 342 g/mol. The topological polar surface area (TPSA) is 76.1 Å². The van der Waals surface area contributed by atoms with Gasteiger partial charge in [0.15, 0.2) is 0 Å². The summed E-state index contributed by atoms with van der Waals surface area (Å²) < 4.78 is 32.4. The standard InChI is InChI=1S/C18H14F2N4O2/c1-26-12-7-5-11(6-8-12)22-17(25)15-9-10-21-18(23-15)24-16-13(19)3-2-4-14(16)20/h2-10H,1H3,(H,22,25)(H,21,23,24). The van der Waals surface area contributed by atoms with Crippen LogP contribution in [0.1, 0.15) is 10.5 Å². The molecule has 0 aliphatic rings. The van der Waals surface area contributed by atoms with Gasteiger partial charge in [-0.1, -0.05) is 6.07 Å². The van der Waals surface area contributed by atoms with Crippen LogP contribution < -0.4 is 15.4 Å². The average Bonchev–Trinajstić information content (AvgIpc) is 2.66. The SMILES string of the molecule is COc1ccc(NC(=O)c2ccnc(Nc3c(F)cccc3F)n2)cc1. The molecule has 0 fully saturated rings. The minimum atomic E-state index is -0.790. The number of methoxy groups -OCH3 is 1. The molecule has 0 atom stereocenters. The first-order chi connectivity index (χ1) is 12.6. The summed E-state index contributed by atoms with van der Waals surface area (Å²) in [5.41, 5.74) is 0.194. The number of aromatic nitrogens is 2. The number of nitrogens with one attached hydrogen (secondary N) is 2. The summed E-state index contributed by atoms with van der Waals surface area (Å²) in [5.74, 6) is -1.52. The van der Waals surface area contributed by atoms with E-state index >= 15 is 0 Å². The van der Waals surface area contributed by atoms with Crippen molar-refractivity contribution in [2.75, 3.05) is 17.7 Å². The van der Waals surface area contributed by atoms with Crippen molar-refractivity contribution in [2.24, 2.45) is 0 Å². The van der Waals surface area contributed by atoms with Gasteiger partial charge in [-0.2, -0.15) is 0 Å². The number of rotatable bonds is 5. The van der Waals surface area contributed by atoms with Crippen molar-refractivity contribution in [2.45, 2.75) is 0 Å². The number of nitrogens with zero attached hydrogens (tertiary/aromatic N) is 2. The molecule has 3 aromatic rings. The van der Waals surface area contributed by atoms with Gasteiger partial charge in [0.1, 0.15) is 28.8 Å². The van der Waals surface area contributed by atoms with Crippen LogP contribution in [0.5, 0.6) is 5.75 Å². The fourth-order valence-electron chi connectivity index (χ4n) is 2.14. The Kier molecular flexibility index (Phi) is 5.02. The molecule has 0 bridgehead atoms. The lowest BCUT2D eigenvalue weighted by atomic mass is 10.3. The van der Waals surface area contributed by atoms with Crippen LogP contribution in [0.4, 0.5) is 26.1 Å². The lowest BCUT2D eigenvalue weighted by molar-refractivity contribution is 0.102. The van der Waals surface area contributed by atoms with Crippen LogP contribution in [0.25, 0.3) is 0 Å². The first-order valence-corrected chi connectivity index (χ1v) is 7.56. The number of ether oxygens (including phenoxy) is 1. The van der Waals surface area contributed by atoms with Crippen LogP contribution >= 0.6 is 0 Å². The van der Waals surface area contributed by atoms with Crippen molar-refractivity contribution < 1.29 is 18.3 Å². The van der Waals surface area contributed by atoms with Gasteiger partial charge in [0.05, 0.1) is 7.11 Å². The molecule has 3 rings (SSSR count). The molecule has 2 aromatic carbocycles. The number of para-hydroxylation sites is 1. The Morgan fingerprint density at radius 2 is 1.73 bits per heavy atom. The Morgan fingerprint density at radius 3 is 2.38 bits per heavy atom. The van der Waals surface area contributed by atoms with E-state index in [0.29, 0.717) is 11.4 Å². The van der Waals surface area contributed by atoms with E-state index in [1.54, 1.807) is 31.4 Å². The molecule has 0 unspecified atom stereocenters. The second-order valence-electron chi connectivity index (χ2n) is 5.17. The van der Waals surface area contributed by atoms with Crippen LogP contribution in [0.15, 0.2) is 54.7 Å². The van der Waals surface area contributed by atoms with Crippen LogP contribution in [0.3, 0.4) is 0 Å². The number of hydrogen-bond acceptors (Lipinski definition) is 5. The third-order valence-corrected chi connectivity index (χ3v) is 3.44. The summed E-state index contributed by atoms with van der Waals surface area (Å²) >= 11 is 0. The molecule has 6 nitrogen and oxygen atoms in total. The molecule has 2 N–H and O–H groups in total. The van der Waals surface area contributed by atoms with Crippen LogP contribution in [-0.4, -0.2) is 23.0 Å². The predicted octanol–water partition coefficient (Wildman–Crippen LogP) is 3.76. The zero-order valence-corrected chi connectivity index (χ0v) is 13.7. The number of benzene rings is 2. The number of amides is 1. The molecule has 0 saturated carbocycles. The van der Waals surface area contributed by atoms with Gasteiger partial charge >= 0.3 is 0 Å². The molecule has 1 heterocycles. The van der Waals surface area contributed by atoms with E-state index in [2.05, 4.69) is 20.6 Å². The van der Waals surface area contributed by atoms with Crippen LogP contribution in [0.2, 0.25) is 0 Å². The number of anilines is 3. The fraction of sp³-hybridized carbons (Fsp3) is 0.0556. The first kappa shape index (κ1) is 17.3. The highest BCUT2D eigenvalue weighted by Gasteiger charge is 2.13. The van der Waals surface area contributed by atoms with Gasteiger partial charge in [-0.15, -0.1) is 0 Å². The van der Waals surface area contributed by atoms with Crippen LogP contribution in [0, 0.1) is 11.6 Å². The van der Waals surface area contributed by atoms with Crippen molar-refractivity contribution in [1.82, 2.24) is 9.97 Å². The Morgan fingerprint density at radius 1 is 1.04 bits per heavy atom. The van der Waals surface area contributed by atoms with Crippen molar-refractivity contribution in [3.63, 3.8) is 0 Å². The lowest BCUT2D eigenvalue weighted by Gasteiger charge is -2.09. The highest BCUT2D eigenvalue weighted by molar-refractivity contribution is 6.03. The van der Waals surface area contributed by atoms with E-state index < -0.39 is 17.5 Å². The minimum Gasteiger partial charge on any atom is -0.497 e. The van der Waals surface area contributed by atoms with E-state index in [9.17, 15) is 13.6 Å². The largest absolute Gasteiger partial charge is 0.497 e. The van der Waals surface area contributed by atoms with Crippen molar-refractivity contribution in [3.05, 3.63) is 72.1 Å². The van der Waals surface area contributed by atoms with E-state index in [1.165, 1.54) is 18.3 Å². The van der Waals surface area contributed by atoms with Gasteiger partial charge in [-0.05, 0) is 42.5 Å². The van der Waals surface area contributed by atoms with Gasteiger partial charge in [-0.3, -0.25) is 4.79 Å². The second-order valence-corrected chi connectivity index (χ2v) is 5.17. The number of carbonyl (C=O) groups excluding carboxylic acids is 1. The minimum absolute atomic E-state index is 0.0371. The summed E-state index contributed by atoms with van der Waals surface area (Å²) in [4.78, 5) is 20.2. The summed E-state index contributed by atoms with van der Waals surface area (Å²) in [6.45, 7) is 0. The molecule has 26 heavy (non-hydrogen) atoms. The van der Waals surface area contributed by atoms with Gasteiger partial charge < -0.3 is 15.4 Å². The highest BCUT2D eigenvalue weighted by Crippen LogP contribution is 2.21. The maximum Gasteiger partial charge on any atom is 0.274 e. The van der Waals surface area contributed by atoms with Gasteiger partial charge in [0, 0.05) is 11.9 Å². The molecule has 8 heteroatoms. The maximum absolute atomic E-state index is 13.7. The number of halogens is 2. The van der Waals surface area contributed by atoms with Gasteiger partial charge in [0.25, 0.3) is 5.91 Å². The Labute approximate surface area is 147 Å². The Hall–Kier alpha value is -3.55. The molecule has 0 spiro atoms. The third kappa shape index (κ3) is 3.92. The fourth-order valence-corrected chi connectivity index (χ4v) is 2.14. The zero-order valence-electron chi connectivity index (χ0n) is 13.7. The van der Waals surface area contributed by atoms with E-state index in [4.69, 9.17) is 4.74 Å². The van der Waals surface area contributed by atoms with E-state index in [-0.39, 0.29) is 17.3 Å². The van der Waals surface area contributed by atoms with Crippen molar-refractivity contribution in [3.8, 4) is 5.75 Å². The predicted molar refractivity (Wildman–Crippen MR) is 92.6 cm³/mol. The summed E-state index contributed by atoms with van der Waals surface area (Å²) in [7, 11) is 1.54. The molecule has 0 aliphatic carbocycles. The maximum atomic E-state index is 13.7. The molecule has 1 aromatic heterocycles. The van der Waals surface area contributed by atoms with Gasteiger partial charge in [-0.25, -0.2) is 18.7 Å². The third-order valence-electron chi connectivity index (χ3n) is 3.44. The zero-order chi connectivity index (χ0) is 18.5. The molecule has 0 aliphatic heterocycles. The lowest BCUT2D eigenvalue weighted by Crippen LogP contribution is -2.15. The van der Waals surface area contributed by atoms with E-state index in [1.807, 2.05) is 0 Å². The molecule has 0 radical (unpaired) electrons. The molecule has 1 amide bonds. The smallest absolute Gasteiger partial charge is 0.274 e. The second kappa shape index (κ2) is 7.56. The van der Waals surface area contributed by atoms with Crippen molar-refractivity contribution >= 4 is 23.2 Å². The summed E-state index contributed by atoms with van der Waals surface area (Å²) in [5, 5.41) is 5.11. The molecule has 132 valence electrons. The normalized spacial score (nSPS) is 10.3. The quantitative estimate of drug-likeness (QED) is 0.728. The number of carbonyl (C=O) groups is 1. The summed E-state index contributed by atoms with van der Waals surface area (Å²) in [6.07, 6.45) is 1.32. The van der Waals surface area contributed by atoms with Gasteiger partial charge in [0.2, 0.25) is 5.95 Å². The van der Waals surface area contributed by atoms with Crippen LogP contribution in [-0.2, 0) is 0 Å². The number of hydrogen-bond donors (Lipinski definition) is 2. The van der Waals surface area contributed by atoms with Crippen molar-refractivity contribution in [1.29, 1.82) is 0 Å². The Bertz CT molecular complexity index is 912. The van der Waals surface area contributed by atoms with E-state index in [0.717, 1.165) is 12.1 Å².